The molecule has 138 valence electrons. The fourth-order valence-corrected chi connectivity index (χ4v) is 3.09. The van der Waals surface area contributed by atoms with E-state index in [0.29, 0.717) is 11.3 Å². The van der Waals surface area contributed by atoms with Crippen molar-refractivity contribution < 1.29 is 19.1 Å². The van der Waals surface area contributed by atoms with E-state index in [2.05, 4.69) is 5.32 Å². The zero-order valence-corrected chi connectivity index (χ0v) is 15.3. The molecule has 27 heavy (non-hydrogen) atoms. The minimum Gasteiger partial charge on any atom is -0.496 e. The Balaban J connectivity index is 1.88. The summed E-state index contributed by atoms with van der Waals surface area (Å²) in [6.07, 6.45) is 0.271. The van der Waals surface area contributed by atoms with E-state index in [1.54, 1.807) is 13.2 Å². The number of hydrogen-bond acceptors (Lipinski definition) is 4. The van der Waals surface area contributed by atoms with Crippen molar-refractivity contribution in [3.63, 3.8) is 0 Å². The summed E-state index contributed by atoms with van der Waals surface area (Å²) in [6, 6.07) is 19.7. The molecule has 0 aliphatic rings. The van der Waals surface area contributed by atoms with Crippen LogP contribution in [0.3, 0.4) is 0 Å². The number of methoxy groups -OCH3 is 2. The minimum atomic E-state index is -0.822. The number of carbonyl (C=O) groups is 2. The van der Waals surface area contributed by atoms with Gasteiger partial charge in [-0.3, -0.25) is 4.79 Å². The van der Waals surface area contributed by atoms with E-state index < -0.39 is 12.0 Å². The van der Waals surface area contributed by atoms with Crippen molar-refractivity contribution in [3.05, 3.63) is 77.9 Å². The Labute approximate surface area is 157 Å². The smallest absolute Gasteiger partial charge is 0.328 e. The van der Waals surface area contributed by atoms with Crippen LogP contribution >= 0.6 is 0 Å². The van der Waals surface area contributed by atoms with Gasteiger partial charge >= 0.3 is 5.97 Å². The fourth-order valence-electron chi connectivity index (χ4n) is 3.09. The van der Waals surface area contributed by atoms with Crippen LogP contribution in [0.1, 0.15) is 15.9 Å². The fraction of sp³-hybridized carbons (Fsp3) is 0.182. The SMILES string of the molecule is COC(=O)[C@H](Cc1ccccc1OC)NC(=O)c1cccc2ccccc12. The van der Waals surface area contributed by atoms with Gasteiger partial charge in [0, 0.05) is 12.0 Å². The van der Waals surface area contributed by atoms with Gasteiger partial charge in [-0.25, -0.2) is 4.79 Å². The molecule has 0 aliphatic heterocycles. The van der Waals surface area contributed by atoms with Gasteiger partial charge in [0.15, 0.2) is 0 Å². The summed E-state index contributed by atoms with van der Waals surface area (Å²) < 4.78 is 10.2. The molecule has 1 N–H and O–H groups in total. The number of fused-ring (bicyclic) bond motifs is 1. The zero-order chi connectivity index (χ0) is 19.2. The summed E-state index contributed by atoms with van der Waals surface area (Å²) in [7, 11) is 2.88. The lowest BCUT2D eigenvalue weighted by Gasteiger charge is -2.18. The van der Waals surface area contributed by atoms with E-state index in [4.69, 9.17) is 9.47 Å². The Morgan fingerprint density at radius 2 is 1.63 bits per heavy atom. The number of ether oxygens (including phenoxy) is 2. The number of nitrogens with one attached hydrogen (secondary N) is 1. The molecule has 3 rings (SSSR count). The maximum absolute atomic E-state index is 12.9. The van der Waals surface area contributed by atoms with Gasteiger partial charge in [-0.05, 0) is 28.5 Å². The van der Waals surface area contributed by atoms with Crippen LogP contribution in [-0.2, 0) is 16.0 Å². The molecule has 1 atom stereocenters. The van der Waals surface area contributed by atoms with Gasteiger partial charge in [0.1, 0.15) is 11.8 Å². The molecule has 3 aromatic rings. The Kier molecular flexibility index (Phi) is 5.71. The molecule has 0 radical (unpaired) electrons. The molecule has 1 amide bonds. The number of esters is 1. The van der Waals surface area contributed by atoms with Crippen LogP contribution in [0.4, 0.5) is 0 Å². The third-order valence-electron chi connectivity index (χ3n) is 4.44. The molecule has 0 spiro atoms. The first-order valence-electron chi connectivity index (χ1n) is 8.62. The average Bonchev–Trinajstić information content (AvgIpc) is 2.72. The van der Waals surface area contributed by atoms with Crippen molar-refractivity contribution in [1.82, 2.24) is 5.32 Å². The van der Waals surface area contributed by atoms with E-state index >= 15 is 0 Å². The second-order valence-electron chi connectivity index (χ2n) is 6.09. The molecule has 0 bridgehead atoms. The molecule has 0 heterocycles. The summed E-state index contributed by atoms with van der Waals surface area (Å²) in [5.41, 5.74) is 1.33. The molecule has 0 saturated carbocycles. The third-order valence-corrected chi connectivity index (χ3v) is 4.44. The maximum atomic E-state index is 12.9. The molecule has 0 aromatic heterocycles. The highest BCUT2D eigenvalue weighted by atomic mass is 16.5. The second-order valence-corrected chi connectivity index (χ2v) is 6.09. The highest BCUT2D eigenvalue weighted by Crippen LogP contribution is 2.21. The van der Waals surface area contributed by atoms with E-state index in [1.807, 2.05) is 60.7 Å². The van der Waals surface area contributed by atoms with Crippen LogP contribution < -0.4 is 10.1 Å². The zero-order valence-electron chi connectivity index (χ0n) is 15.3. The molecule has 0 fully saturated rings. The first-order valence-corrected chi connectivity index (χ1v) is 8.62. The molecule has 0 aliphatic carbocycles. The van der Waals surface area contributed by atoms with Gasteiger partial charge in [0.25, 0.3) is 5.91 Å². The number of rotatable bonds is 6. The molecular formula is C22H21NO4. The number of hydrogen-bond donors (Lipinski definition) is 1. The highest BCUT2D eigenvalue weighted by molar-refractivity contribution is 6.08. The van der Waals surface area contributed by atoms with E-state index in [0.717, 1.165) is 16.3 Å². The molecule has 0 saturated heterocycles. The number of para-hydroxylation sites is 1. The van der Waals surface area contributed by atoms with Crippen LogP contribution in [0.2, 0.25) is 0 Å². The normalized spacial score (nSPS) is 11.6. The van der Waals surface area contributed by atoms with Crippen LogP contribution in [0.15, 0.2) is 66.7 Å². The van der Waals surface area contributed by atoms with Crippen LogP contribution in [0.5, 0.6) is 5.75 Å². The van der Waals surface area contributed by atoms with E-state index in [-0.39, 0.29) is 12.3 Å². The van der Waals surface area contributed by atoms with Gasteiger partial charge in [0.2, 0.25) is 0 Å². The van der Waals surface area contributed by atoms with Gasteiger partial charge < -0.3 is 14.8 Å². The first kappa shape index (κ1) is 18.5. The molecule has 5 heteroatoms. The van der Waals surface area contributed by atoms with Crippen LogP contribution in [0.25, 0.3) is 10.8 Å². The van der Waals surface area contributed by atoms with E-state index in [1.165, 1.54) is 7.11 Å². The van der Waals surface area contributed by atoms with Gasteiger partial charge in [-0.1, -0.05) is 54.6 Å². The van der Waals surface area contributed by atoms with Gasteiger partial charge in [-0.15, -0.1) is 0 Å². The predicted octanol–water partition coefficient (Wildman–Crippen LogP) is 3.36. The third kappa shape index (κ3) is 4.08. The molecule has 5 nitrogen and oxygen atoms in total. The van der Waals surface area contributed by atoms with Crippen molar-refractivity contribution in [2.24, 2.45) is 0 Å². The molecule has 0 unspecified atom stereocenters. The van der Waals surface area contributed by atoms with Gasteiger partial charge in [0.05, 0.1) is 14.2 Å². The van der Waals surface area contributed by atoms with Crippen molar-refractivity contribution >= 4 is 22.6 Å². The number of amides is 1. The highest BCUT2D eigenvalue weighted by Gasteiger charge is 2.24. The number of carbonyl (C=O) groups excluding carboxylic acids is 2. The molecular weight excluding hydrogens is 342 g/mol. The summed E-state index contributed by atoms with van der Waals surface area (Å²) in [5.74, 6) is -0.169. The lowest BCUT2D eigenvalue weighted by molar-refractivity contribution is -0.142. The van der Waals surface area contributed by atoms with Crippen molar-refractivity contribution in [3.8, 4) is 5.75 Å². The standard InChI is InChI=1S/C22H21NO4/c1-26-20-13-6-4-9-16(20)14-19(22(25)27-2)23-21(24)18-12-7-10-15-8-3-5-11-17(15)18/h3-13,19H,14H2,1-2H3,(H,23,24)/t19-/m0/s1. The Morgan fingerprint density at radius 1 is 0.926 bits per heavy atom. The van der Waals surface area contributed by atoms with Crippen LogP contribution in [-0.4, -0.2) is 32.1 Å². The first-order chi connectivity index (χ1) is 13.1. The van der Waals surface area contributed by atoms with Crippen molar-refractivity contribution in [1.29, 1.82) is 0 Å². The van der Waals surface area contributed by atoms with Gasteiger partial charge in [-0.2, -0.15) is 0 Å². The summed E-state index contributed by atoms with van der Waals surface area (Å²) in [5, 5.41) is 4.60. The quantitative estimate of drug-likeness (QED) is 0.682. The summed E-state index contributed by atoms with van der Waals surface area (Å²) in [4.78, 5) is 25.2. The lowest BCUT2D eigenvalue weighted by atomic mass is 10.0. The molecule has 3 aromatic carbocycles. The van der Waals surface area contributed by atoms with Crippen molar-refractivity contribution in [2.45, 2.75) is 12.5 Å². The minimum absolute atomic E-state index is 0.271. The van der Waals surface area contributed by atoms with Crippen molar-refractivity contribution in [2.75, 3.05) is 14.2 Å². The number of benzene rings is 3. The maximum Gasteiger partial charge on any atom is 0.328 e. The Bertz CT molecular complexity index is 962. The Hall–Kier alpha value is -3.34. The summed E-state index contributed by atoms with van der Waals surface area (Å²) in [6.45, 7) is 0. The second kappa shape index (κ2) is 8.36. The summed E-state index contributed by atoms with van der Waals surface area (Å²) >= 11 is 0. The monoisotopic (exact) mass is 363 g/mol. The predicted molar refractivity (Wildman–Crippen MR) is 104 cm³/mol. The largest absolute Gasteiger partial charge is 0.496 e. The van der Waals surface area contributed by atoms with E-state index in [9.17, 15) is 9.59 Å². The average molecular weight is 363 g/mol. The Morgan fingerprint density at radius 3 is 2.41 bits per heavy atom. The lowest BCUT2D eigenvalue weighted by Crippen LogP contribution is -2.43. The topological polar surface area (TPSA) is 64.6 Å². The van der Waals surface area contributed by atoms with Crippen LogP contribution in [0, 0.1) is 0 Å².